The SMILES string of the molecule is CCC(C)(CCO)Nc1ccc2nnc(-c3ccccc3F)n2n1. The number of nitrogens with one attached hydrogen (secondary N) is 1. The molecule has 7 heteroatoms. The third-order valence-corrected chi connectivity index (χ3v) is 4.25. The van der Waals surface area contributed by atoms with Crippen LogP contribution in [-0.4, -0.2) is 37.1 Å². The van der Waals surface area contributed by atoms with Crippen molar-refractivity contribution in [3.05, 3.63) is 42.2 Å². The van der Waals surface area contributed by atoms with Gasteiger partial charge in [0.05, 0.1) is 5.56 Å². The van der Waals surface area contributed by atoms with E-state index in [9.17, 15) is 9.50 Å². The van der Waals surface area contributed by atoms with Crippen LogP contribution in [0.2, 0.25) is 0 Å². The van der Waals surface area contributed by atoms with Crippen LogP contribution in [0, 0.1) is 5.82 Å². The van der Waals surface area contributed by atoms with E-state index in [1.165, 1.54) is 10.6 Å². The summed E-state index contributed by atoms with van der Waals surface area (Å²) in [6, 6.07) is 9.99. The topological polar surface area (TPSA) is 75.3 Å². The maximum Gasteiger partial charge on any atom is 0.188 e. The molecule has 0 aliphatic heterocycles. The molecule has 0 spiro atoms. The Labute approximate surface area is 139 Å². The van der Waals surface area contributed by atoms with Gasteiger partial charge in [-0.2, -0.15) is 4.52 Å². The number of halogens is 1. The fourth-order valence-electron chi connectivity index (χ4n) is 2.55. The number of anilines is 1. The molecular weight excluding hydrogens is 309 g/mol. The first kappa shape index (κ1) is 16.3. The van der Waals surface area contributed by atoms with Crippen molar-refractivity contribution in [3.63, 3.8) is 0 Å². The molecule has 0 fully saturated rings. The summed E-state index contributed by atoms with van der Waals surface area (Å²) in [5, 5.41) is 25.2. The van der Waals surface area contributed by atoms with Gasteiger partial charge >= 0.3 is 0 Å². The van der Waals surface area contributed by atoms with E-state index in [1.807, 2.05) is 13.8 Å². The van der Waals surface area contributed by atoms with Gasteiger partial charge in [0, 0.05) is 12.1 Å². The Bertz CT molecular complexity index is 850. The molecule has 2 N–H and O–H groups in total. The highest BCUT2D eigenvalue weighted by atomic mass is 19.1. The molecule has 0 aliphatic rings. The minimum Gasteiger partial charge on any atom is -0.396 e. The average Bonchev–Trinajstić information content (AvgIpc) is 2.98. The molecule has 2 aromatic heterocycles. The highest BCUT2D eigenvalue weighted by Gasteiger charge is 2.22. The summed E-state index contributed by atoms with van der Waals surface area (Å²) in [6.45, 7) is 4.16. The lowest BCUT2D eigenvalue weighted by atomic mass is 9.95. The maximum atomic E-state index is 14.1. The molecule has 0 amide bonds. The summed E-state index contributed by atoms with van der Waals surface area (Å²) in [5.74, 6) is 0.607. The fourth-order valence-corrected chi connectivity index (χ4v) is 2.55. The zero-order valence-electron chi connectivity index (χ0n) is 13.7. The molecule has 1 aromatic carbocycles. The number of nitrogens with zero attached hydrogens (tertiary/aromatic N) is 4. The van der Waals surface area contributed by atoms with Crippen LogP contribution in [0.4, 0.5) is 10.2 Å². The van der Waals surface area contributed by atoms with Crippen molar-refractivity contribution in [3.8, 4) is 11.4 Å². The number of hydrogen-bond acceptors (Lipinski definition) is 5. The van der Waals surface area contributed by atoms with Gasteiger partial charge in [-0.15, -0.1) is 15.3 Å². The number of rotatable bonds is 6. The Morgan fingerprint density at radius 3 is 2.71 bits per heavy atom. The van der Waals surface area contributed by atoms with Gasteiger partial charge in [0.2, 0.25) is 0 Å². The standard InChI is InChI=1S/C17H20FN5O/c1-3-17(2,10-11-24)19-14-8-9-15-20-21-16(23(15)22-14)12-6-4-5-7-13(12)18/h4-9,24H,3,10-11H2,1-2H3,(H,19,22). The van der Waals surface area contributed by atoms with E-state index in [2.05, 4.69) is 20.6 Å². The second kappa shape index (κ2) is 6.52. The Hall–Kier alpha value is -2.54. The highest BCUT2D eigenvalue weighted by molar-refractivity contribution is 5.60. The summed E-state index contributed by atoms with van der Waals surface area (Å²) in [6.07, 6.45) is 1.43. The summed E-state index contributed by atoms with van der Waals surface area (Å²) in [4.78, 5) is 0. The number of aromatic nitrogens is 4. The van der Waals surface area contributed by atoms with Crippen molar-refractivity contribution in [2.75, 3.05) is 11.9 Å². The van der Waals surface area contributed by atoms with Gasteiger partial charge in [-0.05, 0) is 44.0 Å². The quantitative estimate of drug-likeness (QED) is 0.727. The van der Waals surface area contributed by atoms with Gasteiger partial charge in [0.25, 0.3) is 0 Å². The Kier molecular flexibility index (Phi) is 4.44. The highest BCUT2D eigenvalue weighted by Crippen LogP contribution is 2.23. The van der Waals surface area contributed by atoms with Gasteiger partial charge in [-0.1, -0.05) is 19.1 Å². The van der Waals surface area contributed by atoms with E-state index in [0.29, 0.717) is 29.3 Å². The van der Waals surface area contributed by atoms with E-state index in [4.69, 9.17) is 0 Å². The van der Waals surface area contributed by atoms with Crippen molar-refractivity contribution in [2.45, 2.75) is 32.2 Å². The average molecular weight is 329 g/mol. The van der Waals surface area contributed by atoms with Crippen molar-refractivity contribution >= 4 is 11.5 Å². The van der Waals surface area contributed by atoms with Crippen molar-refractivity contribution in [1.29, 1.82) is 0 Å². The number of aliphatic hydroxyl groups excluding tert-OH is 1. The van der Waals surface area contributed by atoms with Gasteiger partial charge < -0.3 is 10.4 Å². The van der Waals surface area contributed by atoms with Crippen molar-refractivity contribution in [2.24, 2.45) is 0 Å². The number of hydrogen-bond donors (Lipinski definition) is 2. The van der Waals surface area contributed by atoms with Crippen LogP contribution in [0.15, 0.2) is 36.4 Å². The minimum atomic E-state index is -0.370. The zero-order chi connectivity index (χ0) is 17.2. The first-order chi connectivity index (χ1) is 11.6. The number of fused-ring (bicyclic) bond motifs is 1. The molecule has 24 heavy (non-hydrogen) atoms. The lowest BCUT2D eigenvalue weighted by molar-refractivity contribution is 0.251. The molecule has 2 heterocycles. The molecule has 0 aliphatic carbocycles. The maximum absolute atomic E-state index is 14.1. The Morgan fingerprint density at radius 1 is 1.21 bits per heavy atom. The Morgan fingerprint density at radius 2 is 2.00 bits per heavy atom. The van der Waals surface area contributed by atoms with Crippen molar-refractivity contribution in [1.82, 2.24) is 19.8 Å². The Balaban J connectivity index is 2.02. The predicted octanol–water partition coefficient (Wildman–Crippen LogP) is 2.89. The van der Waals surface area contributed by atoms with Crippen LogP contribution < -0.4 is 5.32 Å². The molecule has 3 aromatic rings. The minimum absolute atomic E-state index is 0.0900. The summed E-state index contributed by atoms with van der Waals surface area (Å²) < 4.78 is 15.6. The molecule has 0 saturated carbocycles. The van der Waals surface area contributed by atoms with Gasteiger partial charge in [0.1, 0.15) is 11.6 Å². The second-order valence-corrected chi connectivity index (χ2v) is 6.00. The molecule has 3 rings (SSSR count). The first-order valence-electron chi connectivity index (χ1n) is 7.93. The monoisotopic (exact) mass is 329 g/mol. The van der Waals surface area contributed by atoms with E-state index < -0.39 is 0 Å². The van der Waals surface area contributed by atoms with Gasteiger partial charge in [0.15, 0.2) is 11.5 Å². The van der Waals surface area contributed by atoms with Gasteiger partial charge in [-0.25, -0.2) is 4.39 Å². The van der Waals surface area contributed by atoms with Crippen LogP contribution in [0.1, 0.15) is 26.7 Å². The van der Waals surface area contributed by atoms with Gasteiger partial charge in [-0.3, -0.25) is 0 Å². The normalized spacial score (nSPS) is 13.8. The zero-order valence-corrected chi connectivity index (χ0v) is 13.7. The molecule has 126 valence electrons. The number of benzene rings is 1. The smallest absolute Gasteiger partial charge is 0.188 e. The molecule has 6 nitrogen and oxygen atoms in total. The van der Waals surface area contributed by atoms with Crippen LogP contribution in [0.25, 0.3) is 17.0 Å². The molecule has 1 atom stereocenters. The van der Waals surface area contributed by atoms with Crippen LogP contribution in [0.3, 0.4) is 0 Å². The largest absolute Gasteiger partial charge is 0.396 e. The van der Waals surface area contributed by atoms with E-state index >= 15 is 0 Å². The summed E-state index contributed by atoms with van der Waals surface area (Å²) in [5.41, 5.74) is 0.615. The summed E-state index contributed by atoms with van der Waals surface area (Å²) >= 11 is 0. The first-order valence-corrected chi connectivity index (χ1v) is 7.93. The fraction of sp³-hybridized carbons (Fsp3) is 0.353. The van der Waals surface area contributed by atoms with E-state index in [1.54, 1.807) is 30.3 Å². The van der Waals surface area contributed by atoms with Crippen LogP contribution in [-0.2, 0) is 0 Å². The third-order valence-electron chi connectivity index (χ3n) is 4.25. The van der Waals surface area contributed by atoms with Crippen LogP contribution >= 0.6 is 0 Å². The summed E-state index contributed by atoms with van der Waals surface area (Å²) in [7, 11) is 0. The molecule has 0 radical (unpaired) electrons. The molecule has 0 bridgehead atoms. The van der Waals surface area contributed by atoms with E-state index in [0.717, 1.165) is 6.42 Å². The van der Waals surface area contributed by atoms with Crippen molar-refractivity contribution < 1.29 is 9.50 Å². The molecular formula is C17H20FN5O. The van der Waals surface area contributed by atoms with E-state index in [-0.39, 0.29) is 18.0 Å². The molecule has 0 saturated heterocycles. The third kappa shape index (κ3) is 3.07. The second-order valence-electron chi connectivity index (χ2n) is 6.00. The lowest BCUT2D eigenvalue weighted by Crippen LogP contribution is -2.35. The molecule has 1 unspecified atom stereocenters. The van der Waals surface area contributed by atoms with Crippen LogP contribution in [0.5, 0.6) is 0 Å². The number of aliphatic hydroxyl groups is 1. The predicted molar refractivity (Wildman–Crippen MR) is 90.2 cm³/mol. The lowest BCUT2D eigenvalue weighted by Gasteiger charge is -2.29.